The first-order valence-corrected chi connectivity index (χ1v) is 7.93. The molecule has 23 heavy (non-hydrogen) atoms. The zero-order valence-corrected chi connectivity index (χ0v) is 14.4. The summed E-state index contributed by atoms with van der Waals surface area (Å²) in [6.45, 7) is 1.88. The monoisotopic (exact) mass is 337 g/mol. The van der Waals surface area contributed by atoms with Crippen LogP contribution in [0.4, 0.5) is 0 Å². The highest BCUT2D eigenvalue weighted by molar-refractivity contribution is 5.98. The fourth-order valence-corrected chi connectivity index (χ4v) is 3.48. The lowest BCUT2D eigenvalue weighted by Crippen LogP contribution is -2.42. The predicted molar refractivity (Wildman–Crippen MR) is 92.2 cm³/mol. The van der Waals surface area contributed by atoms with Crippen LogP contribution < -0.4 is 5.32 Å². The van der Waals surface area contributed by atoms with E-state index in [1.807, 2.05) is 0 Å². The molecule has 1 aromatic carbocycles. The summed E-state index contributed by atoms with van der Waals surface area (Å²) in [6.07, 6.45) is 3.22. The average molecular weight is 338 g/mol. The Balaban J connectivity index is 0.00000192. The molecule has 6 heteroatoms. The second-order valence-corrected chi connectivity index (χ2v) is 6.37. The van der Waals surface area contributed by atoms with E-state index in [2.05, 4.69) is 10.2 Å². The zero-order chi connectivity index (χ0) is 15.7. The molecule has 0 aromatic heterocycles. The number of rotatable bonds is 2. The number of amides is 2. The van der Waals surface area contributed by atoms with Gasteiger partial charge >= 0.3 is 0 Å². The molecule has 3 rings (SSSR count). The normalized spacial score (nSPS) is 23.0. The Morgan fingerprint density at radius 2 is 1.65 bits per heavy atom. The van der Waals surface area contributed by atoms with E-state index >= 15 is 0 Å². The van der Waals surface area contributed by atoms with Crippen molar-refractivity contribution in [3.8, 4) is 0 Å². The summed E-state index contributed by atoms with van der Waals surface area (Å²) < 4.78 is 0. The molecule has 0 radical (unpaired) electrons. The van der Waals surface area contributed by atoms with Gasteiger partial charge in [-0.25, -0.2) is 0 Å². The van der Waals surface area contributed by atoms with Crippen molar-refractivity contribution >= 4 is 24.2 Å². The number of benzene rings is 1. The fourth-order valence-electron chi connectivity index (χ4n) is 3.48. The number of carbonyl (C=O) groups is 2. The molecule has 2 aliphatic rings. The molecule has 2 unspecified atom stereocenters. The minimum atomic E-state index is -0.0435. The lowest BCUT2D eigenvalue weighted by molar-refractivity contribution is 0.0679. The molecule has 2 atom stereocenters. The summed E-state index contributed by atoms with van der Waals surface area (Å²) in [4.78, 5) is 28.3. The first-order chi connectivity index (χ1) is 10.6. The van der Waals surface area contributed by atoms with E-state index in [1.54, 1.807) is 38.4 Å². The fraction of sp³-hybridized carbons (Fsp3) is 0.529. The topological polar surface area (TPSA) is 52.7 Å². The Labute approximate surface area is 143 Å². The first kappa shape index (κ1) is 17.8. The number of nitrogens with one attached hydrogen (secondary N) is 1. The van der Waals surface area contributed by atoms with Crippen LogP contribution in [0.1, 0.15) is 40.0 Å². The van der Waals surface area contributed by atoms with Gasteiger partial charge in [-0.15, -0.1) is 12.4 Å². The maximum absolute atomic E-state index is 12.8. The van der Waals surface area contributed by atoms with Crippen molar-refractivity contribution < 1.29 is 9.59 Å². The van der Waals surface area contributed by atoms with E-state index in [4.69, 9.17) is 0 Å². The SMILES string of the molecule is CN(C)C(=O)c1ccc(C(=O)N2C3CCNCC2CC3)cc1.Cl. The smallest absolute Gasteiger partial charge is 0.254 e. The average Bonchev–Trinajstić information content (AvgIpc) is 2.79. The van der Waals surface area contributed by atoms with Crippen molar-refractivity contribution in [1.82, 2.24) is 15.1 Å². The van der Waals surface area contributed by atoms with E-state index < -0.39 is 0 Å². The van der Waals surface area contributed by atoms with Crippen molar-refractivity contribution in [2.45, 2.75) is 31.3 Å². The van der Waals surface area contributed by atoms with Gasteiger partial charge in [-0.3, -0.25) is 9.59 Å². The van der Waals surface area contributed by atoms with Crippen LogP contribution in [0.2, 0.25) is 0 Å². The maximum Gasteiger partial charge on any atom is 0.254 e. The Morgan fingerprint density at radius 3 is 2.30 bits per heavy atom. The van der Waals surface area contributed by atoms with Crippen LogP contribution in [0, 0.1) is 0 Å². The molecule has 2 heterocycles. The Hall–Kier alpha value is -1.59. The summed E-state index contributed by atoms with van der Waals surface area (Å²) >= 11 is 0. The quantitative estimate of drug-likeness (QED) is 0.895. The van der Waals surface area contributed by atoms with Crippen molar-refractivity contribution in [2.24, 2.45) is 0 Å². The van der Waals surface area contributed by atoms with Gasteiger partial charge in [0.1, 0.15) is 0 Å². The minimum Gasteiger partial charge on any atom is -0.345 e. The molecule has 2 fully saturated rings. The van der Waals surface area contributed by atoms with E-state index in [1.165, 1.54) is 4.90 Å². The van der Waals surface area contributed by atoms with Crippen LogP contribution >= 0.6 is 12.4 Å². The predicted octanol–water partition coefficient (Wildman–Crippen LogP) is 1.78. The number of nitrogens with zero attached hydrogens (tertiary/aromatic N) is 2. The molecule has 1 N–H and O–H groups in total. The summed E-state index contributed by atoms with van der Waals surface area (Å²) in [5.41, 5.74) is 1.29. The van der Waals surface area contributed by atoms with Crippen LogP contribution in [0.3, 0.4) is 0 Å². The first-order valence-electron chi connectivity index (χ1n) is 7.93. The van der Waals surface area contributed by atoms with Crippen LogP contribution in [0.25, 0.3) is 0 Å². The second-order valence-electron chi connectivity index (χ2n) is 6.37. The third kappa shape index (κ3) is 3.51. The van der Waals surface area contributed by atoms with Gasteiger partial charge in [0.2, 0.25) is 0 Å². The number of carbonyl (C=O) groups excluding carboxylic acids is 2. The number of hydrogen-bond donors (Lipinski definition) is 1. The van der Waals surface area contributed by atoms with E-state index in [-0.39, 0.29) is 24.2 Å². The van der Waals surface area contributed by atoms with Crippen LogP contribution in [0.5, 0.6) is 0 Å². The Morgan fingerprint density at radius 1 is 1.04 bits per heavy atom. The highest BCUT2D eigenvalue weighted by Gasteiger charge is 2.38. The largest absolute Gasteiger partial charge is 0.345 e. The van der Waals surface area contributed by atoms with Crippen molar-refractivity contribution in [3.63, 3.8) is 0 Å². The van der Waals surface area contributed by atoms with Crippen molar-refractivity contribution in [1.29, 1.82) is 0 Å². The molecule has 0 saturated carbocycles. The molecule has 0 aliphatic carbocycles. The standard InChI is InChI=1S/C17H23N3O2.ClH/c1-19(2)16(21)12-3-5-13(6-4-12)17(22)20-14-7-8-15(20)11-18-10-9-14;/h3-6,14-15,18H,7-11H2,1-2H3;1H. The molecule has 2 amide bonds. The Kier molecular flexibility index (Phi) is 5.65. The summed E-state index contributed by atoms with van der Waals surface area (Å²) in [7, 11) is 3.45. The van der Waals surface area contributed by atoms with Gasteiger partial charge in [0.15, 0.2) is 0 Å². The van der Waals surface area contributed by atoms with Gasteiger partial charge in [0, 0.05) is 43.9 Å². The van der Waals surface area contributed by atoms with Crippen LogP contribution in [-0.2, 0) is 0 Å². The minimum absolute atomic E-state index is 0. The third-order valence-corrected chi connectivity index (χ3v) is 4.67. The van der Waals surface area contributed by atoms with E-state index in [9.17, 15) is 9.59 Å². The Bertz CT molecular complexity index is 560. The highest BCUT2D eigenvalue weighted by Crippen LogP contribution is 2.29. The molecule has 2 bridgehead atoms. The molecule has 1 aromatic rings. The van der Waals surface area contributed by atoms with Gasteiger partial charge in [-0.2, -0.15) is 0 Å². The van der Waals surface area contributed by atoms with Gasteiger partial charge in [-0.1, -0.05) is 0 Å². The lowest BCUT2D eigenvalue weighted by Gasteiger charge is -2.28. The van der Waals surface area contributed by atoms with Gasteiger partial charge in [0.05, 0.1) is 0 Å². The number of halogens is 1. The van der Waals surface area contributed by atoms with Gasteiger partial charge in [-0.05, 0) is 50.1 Å². The summed E-state index contributed by atoms with van der Waals surface area (Å²) in [5.74, 6) is 0.0538. The molecule has 2 saturated heterocycles. The third-order valence-electron chi connectivity index (χ3n) is 4.67. The summed E-state index contributed by atoms with van der Waals surface area (Å²) in [5, 5.41) is 3.41. The van der Waals surface area contributed by atoms with Crippen LogP contribution in [0.15, 0.2) is 24.3 Å². The lowest BCUT2D eigenvalue weighted by atomic mass is 10.1. The van der Waals surface area contributed by atoms with Gasteiger partial charge < -0.3 is 15.1 Å². The van der Waals surface area contributed by atoms with Crippen LogP contribution in [-0.4, -0.2) is 60.9 Å². The molecular formula is C17H24ClN3O2. The van der Waals surface area contributed by atoms with E-state index in [0.29, 0.717) is 23.2 Å². The maximum atomic E-state index is 12.8. The molecule has 5 nitrogen and oxygen atoms in total. The molecule has 0 spiro atoms. The van der Waals surface area contributed by atoms with Crippen molar-refractivity contribution in [2.75, 3.05) is 27.2 Å². The summed E-state index contributed by atoms with van der Waals surface area (Å²) in [6, 6.07) is 7.70. The molecular weight excluding hydrogens is 314 g/mol. The number of hydrogen-bond acceptors (Lipinski definition) is 3. The zero-order valence-electron chi connectivity index (χ0n) is 13.6. The second kappa shape index (κ2) is 7.32. The molecule has 2 aliphatic heterocycles. The highest BCUT2D eigenvalue weighted by atomic mass is 35.5. The van der Waals surface area contributed by atoms with Crippen molar-refractivity contribution in [3.05, 3.63) is 35.4 Å². The number of fused-ring (bicyclic) bond motifs is 2. The van der Waals surface area contributed by atoms with E-state index in [0.717, 1.165) is 32.4 Å². The van der Waals surface area contributed by atoms with Gasteiger partial charge in [0.25, 0.3) is 11.8 Å². The molecule has 126 valence electrons.